The van der Waals surface area contributed by atoms with Gasteiger partial charge in [0.05, 0.1) is 0 Å². The minimum absolute atomic E-state index is 0.0814. The fourth-order valence-electron chi connectivity index (χ4n) is 2.73. The summed E-state index contributed by atoms with van der Waals surface area (Å²) in [5.74, 6) is 0.0874. The fourth-order valence-corrected chi connectivity index (χ4v) is 2.73. The first-order chi connectivity index (χ1) is 12.3. The lowest BCUT2D eigenvalue weighted by molar-refractivity contribution is 0.102. The number of benzene rings is 2. The predicted molar refractivity (Wildman–Crippen MR) is 101 cm³/mol. The summed E-state index contributed by atoms with van der Waals surface area (Å²) in [6.07, 6.45) is 0.367. The van der Waals surface area contributed by atoms with E-state index < -0.39 is 0 Å². The van der Waals surface area contributed by atoms with Crippen molar-refractivity contribution in [2.24, 2.45) is 0 Å². The van der Waals surface area contributed by atoms with E-state index in [0.29, 0.717) is 5.56 Å². The van der Waals surface area contributed by atoms with Crippen LogP contribution < -0.4 is 10.6 Å². The molecular formula is C21H24N2O3. The summed E-state index contributed by atoms with van der Waals surface area (Å²) in [6, 6.07) is 16.8. The van der Waals surface area contributed by atoms with Gasteiger partial charge in [-0.05, 0) is 57.0 Å². The van der Waals surface area contributed by atoms with E-state index in [1.165, 1.54) is 0 Å². The number of rotatable bonds is 4. The molecule has 1 aliphatic carbocycles. The molecule has 2 amide bonds. The largest absolute Gasteiger partial charge is 0.446 e. The number of nitrogens with one attached hydrogen (secondary N) is 2. The van der Waals surface area contributed by atoms with Gasteiger partial charge in [0.2, 0.25) is 0 Å². The van der Waals surface area contributed by atoms with Gasteiger partial charge in [-0.3, -0.25) is 4.79 Å². The third-order valence-electron chi connectivity index (χ3n) is 4.10. The number of anilines is 1. The van der Waals surface area contributed by atoms with E-state index in [1.54, 1.807) is 12.1 Å². The van der Waals surface area contributed by atoms with Gasteiger partial charge in [-0.15, -0.1) is 0 Å². The van der Waals surface area contributed by atoms with Crippen molar-refractivity contribution in [2.45, 2.75) is 44.8 Å². The highest BCUT2D eigenvalue weighted by molar-refractivity contribution is 6.04. The molecule has 2 atom stereocenters. The zero-order valence-corrected chi connectivity index (χ0v) is 15.3. The van der Waals surface area contributed by atoms with Crippen LogP contribution in [0.15, 0.2) is 54.6 Å². The zero-order valence-electron chi connectivity index (χ0n) is 15.3. The van der Waals surface area contributed by atoms with Crippen LogP contribution in [0.1, 0.15) is 49.0 Å². The van der Waals surface area contributed by atoms with Crippen LogP contribution >= 0.6 is 0 Å². The van der Waals surface area contributed by atoms with Gasteiger partial charge in [0, 0.05) is 22.7 Å². The van der Waals surface area contributed by atoms with Crippen LogP contribution in [0.2, 0.25) is 0 Å². The van der Waals surface area contributed by atoms with Crippen LogP contribution in [-0.4, -0.2) is 23.6 Å². The quantitative estimate of drug-likeness (QED) is 0.861. The maximum Gasteiger partial charge on any atom is 0.407 e. The summed E-state index contributed by atoms with van der Waals surface area (Å²) in [4.78, 5) is 24.0. The lowest BCUT2D eigenvalue weighted by Gasteiger charge is -2.20. The molecule has 136 valence electrons. The molecule has 5 nitrogen and oxygen atoms in total. The molecule has 1 saturated carbocycles. The van der Waals surface area contributed by atoms with Gasteiger partial charge < -0.3 is 15.4 Å². The SMILES string of the molecule is CC(C)(C)NC(=O)OC1CC1c1ccc(NC(=O)c2ccccc2)cc1. The number of hydrogen-bond donors (Lipinski definition) is 2. The van der Waals surface area contributed by atoms with Crippen molar-refractivity contribution in [3.05, 3.63) is 65.7 Å². The normalized spacial score (nSPS) is 18.7. The average molecular weight is 352 g/mol. The van der Waals surface area contributed by atoms with Crippen LogP contribution in [0.25, 0.3) is 0 Å². The van der Waals surface area contributed by atoms with Crippen LogP contribution in [-0.2, 0) is 4.74 Å². The molecule has 0 aliphatic heterocycles. The molecule has 2 aromatic carbocycles. The monoisotopic (exact) mass is 352 g/mol. The molecule has 0 spiro atoms. The van der Waals surface area contributed by atoms with E-state index >= 15 is 0 Å². The maximum atomic E-state index is 12.2. The Labute approximate surface area is 153 Å². The van der Waals surface area contributed by atoms with E-state index in [2.05, 4.69) is 10.6 Å². The molecule has 1 fully saturated rings. The zero-order chi connectivity index (χ0) is 18.7. The van der Waals surface area contributed by atoms with Crippen molar-refractivity contribution in [1.82, 2.24) is 5.32 Å². The molecule has 0 heterocycles. The molecular weight excluding hydrogens is 328 g/mol. The molecule has 5 heteroatoms. The van der Waals surface area contributed by atoms with Gasteiger partial charge in [0.15, 0.2) is 0 Å². The highest BCUT2D eigenvalue weighted by Gasteiger charge is 2.42. The molecule has 1 aliphatic rings. The third-order valence-corrected chi connectivity index (χ3v) is 4.10. The highest BCUT2D eigenvalue weighted by atomic mass is 16.6. The highest BCUT2D eigenvalue weighted by Crippen LogP contribution is 2.43. The molecule has 0 radical (unpaired) electrons. The second-order valence-corrected chi connectivity index (χ2v) is 7.60. The molecule has 0 aromatic heterocycles. The van der Waals surface area contributed by atoms with Crippen molar-refractivity contribution in [2.75, 3.05) is 5.32 Å². The van der Waals surface area contributed by atoms with Gasteiger partial charge in [0.25, 0.3) is 5.91 Å². The van der Waals surface area contributed by atoms with Crippen LogP contribution in [0.3, 0.4) is 0 Å². The lowest BCUT2D eigenvalue weighted by atomic mass is 10.1. The van der Waals surface area contributed by atoms with Gasteiger partial charge in [-0.1, -0.05) is 30.3 Å². The topological polar surface area (TPSA) is 67.4 Å². The minimum Gasteiger partial charge on any atom is -0.446 e. The van der Waals surface area contributed by atoms with Gasteiger partial charge in [0.1, 0.15) is 6.10 Å². The van der Waals surface area contributed by atoms with Crippen molar-refractivity contribution < 1.29 is 14.3 Å². The van der Waals surface area contributed by atoms with Crippen molar-refractivity contribution in [3.8, 4) is 0 Å². The first-order valence-electron chi connectivity index (χ1n) is 8.77. The van der Waals surface area contributed by atoms with Crippen molar-refractivity contribution >= 4 is 17.7 Å². The maximum absolute atomic E-state index is 12.2. The summed E-state index contributed by atoms with van der Waals surface area (Å²) in [5.41, 5.74) is 2.17. The number of hydrogen-bond acceptors (Lipinski definition) is 3. The second-order valence-electron chi connectivity index (χ2n) is 7.60. The van der Waals surface area contributed by atoms with Crippen LogP contribution in [0, 0.1) is 0 Å². The smallest absolute Gasteiger partial charge is 0.407 e. The van der Waals surface area contributed by atoms with Crippen molar-refractivity contribution in [1.29, 1.82) is 0 Å². The molecule has 2 aromatic rings. The first kappa shape index (κ1) is 18.0. The number of alkyl carbamates (subject to hydrolysis) is 1. The number of carbonyl (C=O) groups is 2. The Hall–Kier alpha value is -2.82. The second kappa shape index (κ2) is 7.20. The third kappa shape index (κ3) is 4.85. The Morgan fingerprint density at radius 2 is 1.65 bits per heavy atom. The molecule has 0 bridgehead atoms. The Morgan fingerprint density at radius 3 is 2.27 bits per heavy atom. The van der Waals surface area contributed by atoms with Gasteiger partial charge >= 0.3 is 6.09 Å². The summed E-state index contributed by atoms with van der Waals surface area (Å²) >= 11 is 0. The average Bonchev–Trinajstić information content (AvgIpc) is 3.33. The Balaban J connectivity index is 1.53. The lowest BCUT2D eigenvalue weighted by Crippen LogP contribution is -2.41. The van der Waals surface area contributed by atoms with E-state index in [1.807, 2.05) is 63.2 Å². The van der Waals surface area contributed by atoms with Gasteiger partial charge in [-0.2, -0.15) is 0 Å². The molecule has 3 rings (SSSR count). The van der Waals surface area contributed by atoms with Crippen LogP contribution in [0.5, 0.6) is 0 Å². The van der Waals surface area contributed by atoms with E-state index in [0.717, 1.165) is 17.7 Å². The molecule has 2 N–H and O–H groups in total. The Kier molecular flexibility index (Phi) is 4.98. The number of carbonyl (C=O) groups excluding carboxylic acids is 2. The summed E-state index contributed by atoms with van der Waals surface area (Å²) < 4.78 is 5.44. The minimum atomic E-state index is -0.378. The van der Waals surface area contributed by atoms with Crippen LogP contribution in [0.4, 0.5) is 10.5 Å². The van der Waals surface area contributed by atoms with E-state index in [-0.39, 0.29) is 29.6 Å². The molecule has 2 unspecified atom stereocenters. The predicted octanol–water partition coefficient (Wildman–Crippen LogP) is 4.32. The van der Waals surface area contributed by atoms with E-state index in [4.69, 9.17) is 4.74 Å². The summed E-state index contributed by atoms with van der Waals surface area (Å²) in [7, 11) is 0. The standard InChI is InChI=1S/C21H24N2O3/c1-21(2,3)23-20(25)26-18-13-17(18)14-9-11-16(12-10-14)22-19(24)15-7-5-4-6-8-15/h4-12,17-18H,13H2,1-3H3,(H,22,24)(H,23,25). The first-order valence-corrected chi connectivity index (χ1v) is 8.77. The fraction of sp³-hybridized carbons (Fsp3) is 0.333. The molecule has 0 saturated heterocycles. The Bertz CT molecular complexity index is 779. The molecule has 26 heavy (non-hydrogen) atoms. The van der Waals surface area contributed by atoms with E-state index in [9.17, 15) is 9.59 Å². The number of ether oxygens (including phenoxy) is 1. The Morgan fingerprint density at radius 1 is 1.00 bits per heavy atom. The summed E-state index contributed by atoms with van der Waals surface area (Å²) in [5, 5.41) is 5.68. The van der Waals surface area contributed by atoms with Gasteiger partial charge in [-0.25, -0.2) is 4.79 Å². The van der Waals surface area contributed by atoms with Crippen molar-refractivity contribution in [3.63, 3.8) is 0 Å². The summed E-state index contributed by atoms with van der Waals surface area (Å²) in [6.45, 7) is 5.75. The number of amides is 2.